The van der Waals surface area contributed by atoms with Gasteiger partial charge in [-0.1, -0.05) is 34.8 Å². The number of hydrogen-bond donors (Lipinski definition) is 1. The largest absolute Gasteiger partial charge is 0.475 e. The molecular formula is C13H10Cl3N3O2. The van der Waals surface area contributed by atoms with E-state index in [1.54, 1.807) is 12.1 Å². The van der Waals surface area contributed by atoms with Crippen LogP contribution in [0.25, 0.3) is 0 Å². The lowest BCUT2D eigenvalue weighted by atomic mass is 10.3. The van der Waals surface area contributed by atoms with Crippen molar-refractivity contribution in [2.24, 2.45) is 0 Å². The molecule has 0 atom stereocenters. The van der Waals surface area contributed by atoms with Crippen LogP contribution in [0, 0.1) is 0 Å². The molecule has 0 aliphatic rings. The highest BCUT2D eigenvalue weighted by Gasteiger charge is 2.10. The zero-order valence-electron chi connectivity index (χ0n) is 10.6. The Labute approximate surface area is 136 Å². The average molecular weight is 347 g/mol. The minimum atomic E-state index is -0.327. The number of aromatic nitrogens is 2. The van der Waals surface area contributed by atoms with Crippen molar-refractivity contribution >= 4 is 40.7 Å². The van der Waals surface area contributed by atoms with Crippen LogP contribution >= 0.6 is 34.8 Å². The van der Waals surface area contributed by atoms with Gasteiger partial charge < -0.3 is 10.1 Å². The Morgan fingerprint density at radius 1 is 1.29 bits per heavy atom. The molecule has 110 valence electrons. The number of nitrogens with one attached hydrogen (secondary N) is 1. The average Bonchev–Trinajstić information content (AvgIpc) is 2.45. The van der Waals surface area contributed by atoms with E-state index in [9.17, 15) is 4.79 Å². The molecule has 0 radical (unpaired) electrons. The van der Waals surface area contributed by atoms with E-state index in [1.165, 1.54) is 18.5 Å². The van der Waals surface area contributed by atoms with Crippen LogP contribution < -0.4 is 10.1 Å². The van der Waals surface area contributed by atoms with Gasteiger partial charge in [0.1, 0.15) is 16.8 Å². The van der Waals surface area contributed by atoms with Crippen molar-refractivity contribution in [1.29, 1.82) is 0 Å². The Morgan fingerprint density at radius 3 is 2.81 bits per heavy atom. The second-order valence-electron chi connectivity index (χ2n) is 3.89. The first kappa shape index (κ1) is 15.8. The fraction of sp³-hybridized carbons (Fsp3) is 0.154. The van der Waals surface area contributed by atoms with E-state index in [0.29, 0.717) is 15.6 Å². The van der Waals surface area contributed by atoms with Crippen molar-refractivity contribution in [1.82, 2.24) is 15.3 Å². The molecule has 0 aliphatic carbocycles. The number of rotatable bonds is 5. The van der Waals surface area contributed by atoms with E-state index in [4.69, 9.17) is 39.5 Å². The standard InChI is InChI=1S/C13H10Cl3N3O2/c14-8-6-10(15)13(19-7-8)21-5-4-18-12(20)9-2-1-3-17-11(9)16/h1-3,6-7H,4-5H2,(H,18,20). The fourth-order valence-electron chi connectivity index (χ4n) is 1.47. The maximum Gasteiger partial charge on any atom is 0.254 e. The van der Waals surface area contributed by atoms with Crippen LogP contribution in [0.4, 0.5) is 0 Å². The Kier molecular flexibility index (Phi) is 5.61. The maximum atomic E-state index is 11.8. The summed E-state index contributed by atoms with van der Waals surface area (Å²) >= 11 is 17.4. The summed E-state index contributed by atoms with van der Waals surface area (Å²) in [7, 11) is 0. The molecule has 1 N–H and O–H groups in total. The van der Waals surface area contributed by atoms with Gasteiger partial charge in [-0.15, -0.1) is 0 Å². The van der Waals surface area contributed by atoms with Crippen LogP contribution in [0.15, 0.2) is 30.6 Å². The first-order valence-corrected chi connectivity index (χ1v) is 7.04. The summed E-state index contributed by atoms with van der Waals surface area (Å²) in [6.07, 6.45) is 2.94. The molecule has 2 aromatic rings. The van der Waals surface area contributed by atoms with Gasteiger partial charge in [-0.05, 0) is 18.2 Å². The third-order valence-electron chi connectivity index (χ3n) is 2.40. The van der Waals surface area contributed by atoms with E-state index in [-0.39, 0.29) is 30.1 Å². The van der Waals surface area contributed by atoms with Crippen molar-refractivity contribution in [2.75, 3.05) is 13.2 Å². The number of ether oxygens (including phenoxy) is 1. The van der Waals surface area contributed by atoms with E-state index in [2.05, 4.69) is 15.3 Å². The van der Waals surface area contributed by atoms with Gasteiger partial charge in [0, 0.05) is 12.4 Å². The summed E-state index contributed by atoms with van der Waals surface area (Å²) in [6.45, 7) is 0.475. The molecule has 0 saturated carbocycles. The molecule has 21 heavy (non-hydrogen) atoms. The second kappa shape index (κ2) is 7.45. The molecule has 0 spiro atoms. The van der Waals surface area contributed by atoms with Crippen LogP contribution in [0.2, 0.25) is 15.2 Å². The van der Waals surface area contributed by atoms with Crippen LogP contribution in [0.1, 0.15) is 10.4 Å². The zero-order valence-corrected chi connectivity index (χ0v) is 12.9. The minimum Gasteiger partial charge on any atom is -0.475 e. The molecule has 0 aliphatic heterocycles. The molecule has 0 bridgehead atoms. The molecule has 2 aromatic heterocycles. The van der Waals surface area contributed by atoms with Gasteiger partial charge >= 0.3 is 0 Å². The molecule has 0 saturated heterocycles. The summed E-state index contributed by atoms with van der Waals surface area (Å²) in [5.41, 5.74) is 0.307. The number of pyridine rings is 2. The number of nitrogens with zero attached hydrogens (tertiary/aromatic N) is 2. The van der Waals surface area contributed by atoms with Gasteiger partial charge in [-0.3, -0.25) is 4.79 Å². The monoisotopic (exact) mass is 345 g/mol. The summed E-state index contributed by atoms with van der Waals surface area (Å²) in [5.74, 6) is -0.0680. The van der Waals surface area contributed by atoms with Crippen molar-refractivity contribution in [3.05, 3.63) is 51.4 Å². The number of halogens is 3. The highest BCUT2D eigenvalue weighted by atomic mass is 35.5. The predicted molar refractivity (Wildman–Crippen MR) is 81.3 cm³/mol. The molecule has 2 rings (SSSR count). The first-order valence-electron chi connectivity index (χ1n) is 5.90. The van der Waals surface area contributed by atoms with E-state index in [0.717, 1.165) is 0 Å². The van der Waals surface area contributed by atoms with Crippen molar-refractivity contribution < 1.29 is 9.53 Å². The molecule has 1 amide bonds. The van der Waals surface area contributed by atoms with E-state index >= 15 is 0 Å². The SMILES string of the molecule is O=C(NCCOc1ncc(Cl)cc1Cl)c1cccnc1Cl. The molecule has 2 heterocycles. The maximum absolute atomic E-state index is 11.8. The van der Waals surface area contributed by atoms with Gasteiger partial charge in [0.15, 0.2) is 0 Å². The summed E-state index contributed by atoms with van der Waals surface area (Å²) in [5, 5.41) is 3.54. The van der Waals surface area contributed by atoms with Crippen LogP contribution in [-0.2, 0) is 0 Å². The van der Waals surface area contributed by atoms with Crippen molar-refractivity contribution in [3.8, 4) is 5.88 Å². The topological polar surface area (TPSA) is 64.1 Å². The van der Waals surface area contributed by atoms with Crippen molar-refractivity contribution in [2.45, 2.75) is 0 Å². The normalized spacial score (nSPS) is 10.2. The molecule has 0 unspecified atom stereocenters. The molecule has 5 nitrogen and oxygen atoms in total. The quantitative estimate of drug-likeness (QED) is 0.667. The minimum absolute atomic E-state index is 0.151. The highest BCUT2D eigenvalue weighted by Crippen LogP contribution is 2.24. The third kappa shape index (κ3) is 4.46. The van der Waals surface area contributed by atoms with Gasteiger partial charge in [-0.2, -0.15) is 0 Å². The fourth-order valence-corrected chi connectivity index (χ4v) is 2.11. The van der Waals surface area contributed by atoms with E-state index in [1.807, 2.05) is 0 Å². The first-order chi connectivity index (χ1) is 10.1. The Hall–Kier alpha value is -1.56. The molecule has 0 aromatic carbocycles. The number of amides is 1. The molecular weight excluding hydrogens is 337 g/mol. The van der Waals surface area contributed by atoms with Crippen LogP contribution in [0.5, 0.6) is 5.88 Å². The second-order valence-corrected chi connectivity index (χ2v) is 5.09. The van der Waals surface area contributed by atoms with Crippen LogP contribution in [0.3, 0.4) is 0 Å². The smallest absolute Gasteiger partial charge is 0.254 e. The lowest BCUT2D eigenvalue weighted by Crippen LogP contribution is -2.28. The number of carbonyl (C=O) groups is 1. The molecule has 8 heteroatoms. The van der Waals surface area contributed by atoms with Gasteiger partial charge in [-0.25, -0.2) is 9.97 Å². The Bertz CT molecular complexity index is 652. The zero-order chi connectivity index (χ0) is 15.2. The van der Waals surface area contributed by atoms with Gasteiger partial charge in [0.2, 0.25) is 5.88 Å². The predicted octanol–water partition coefficient (Wildman–Crippen LogP) is 3.25. The molecule has 0 fully saturated rings. The van der Waals surface area contributed by atoms with Crippen molar-refractivity contribution in [3.63, 3.8) is 0 Å². The van der Waals surface area contributed by atoms with E-state index < -0.39 is 0 Å². The summed E-state index contributed by atoms with van der Waals surface area (Å²) < 4.78 is 5.34. The number of carbonyl (C=O) groups excluding carboxylic acids is 1. The van der Waals surface area contributed by atoms with Crippen LogP contribution in [-0.4, -0.2) is 29.0 Å². The van der Waals surface area contributed by atoms with Gasteiger partial charge in [0.05, 0.1) is 17.1 Å². The number of hydrogen-bond acceptors (Lipinski definition) is 4. The lowest BCUT2D eigenvalue weighted by Gasteiger charge is -2.08. The Morgan fingerprint density at radius 2 is 2.10 bits per heavy atom. The van der Waals surface area contributed by atoms with Gasteiger partial charge in [0.25, 0.3) is 5.91 Å². The summed E-state index contributed by atoms with van der Waals surface area (Å²) in [6, 6.07) is 4.75. The Balaban J connectivity index is 1.82. The lowest BCUT2D eigenvalue weighted by molar-refractivity contribution is 0.0946. The highest BCUT2D eigenvalue weighted by molar-refractivity contribution is 6.35. The third-order valence-corrected chi connectivity index (χ3v) is 3.18. The summed E-state index contributed by atoms with van der Waals surface area (Å²) in [4.78, 5) is 19.6.